The van der Waals surface area contributed by atoms with Crippen LogP contribution in [0.25, 0.3) is 0 Å². The topological polar surface area (TPSA) is 12.9 Å². The van der Waals surface area contributed by atoms with E-state index in [0.717, 1.165) is 0 Å². The van der Waals surface area contributed by atoms with Crippen molar-refractivity contribution in [2.24, 2.45) is 0 Å². The highest BCUT2D eigenvalue weighted by molar-refractivity contribution is 8.17. The Balaban J connectivity index is 2.04. The van der Waals surface area contributed by atoms with Gasteiger partial charge in [0.2, 0.25) is 0 Å². The number of hydrogen-bond acceptors (Lipinski definition) is 4. The van der Waals surface area contributed by atoms with Crippen molar-refractivity contribution in [1.29, 1.82) is 0 Å². The van der Waals surface area contributed by atoms with Crippen molar-refractivity contribution < 1.29 is 0 Å². The smallest absolute Gasteiger partial charge is 0.116 e. The van der Waals surface area contributed by atoms with Crippen LogP contribution in [0.2, 0.25) is 0 Å². The van der Waals surface area contributed by atoms with Crippen LogP contribution in [-0.4, -0.2) is 16.5 Å². The zero-order valence-corrected chi connectivity index (χ0v) is 8.47. The Hall–Kier alpha value is 0.330. The molecule has 2 heterocycles. The Labute approximate surface area is 79.0 Å². The van der Waals surface area contributed by atoms with Gasteiger partial charge in [-0.15, -0.1) is 34.9 Å². The Morgan fingerprint density at radius 1 is 1.36 bits per heavy atom. The molecule has 2 rings (SSSR count). The van der Waals surface area contributed by atoms with Crippen LogP contribution in [-0.2, 0) is 0 Å². The second kappa shape index (κ2) is 3.83. The van der Waals surface area contributed by atoms with Crippen LogP contribution < -0.4 is 0 Å². The summed E-state index contributed by atoms with van der Waals surface area (Å²) in [5, 5.41) is 3.35. The summed E-state index contributed by atoms with van der Waals surface area (Å²) in [7, 11) is 0. The first kappa shape index (κ1) is 7.95. The van der Waals surface area contributed by atoms with E-state index in [-0.39, 0.29) is 0 Å². The van der Waals surface area contributed by atoms with Gasteiger partial charge in [-0.2, -0.15) is 0 Å². The summed E-state index contributed by atoms with van der Waals surface area (Å²) in [5.41, 5.74) is 0. The largest absolute Gasteiger partial charge is 0.248 e. The molecule has 0 aliphatic carbocycles. The molecule has 0 bridgehead atoms. The van der Waals surface area contributed by atoms with Crippen LogP contribution in [0.5, 0.6) is 0 Å². The van der Waals surface area contributed by atoms with Crippen molar-refractivity contribution >= 4 is 34.9 Å². The summed E-state index contributed by atoms with van der Waals surface area (Å²) < 4.78 is 0.628. The fraction of sp³-hybridized carbons (Fsp3) is 0.571. The fourth-order valence-corrected chi connectivity index (χ4v) is 4.82. The Morgan fingerprint density at radius 3 is 2.82 bits per heavy atom. The van der Waals surface area contributed by atoms with E-state index in [9.17, 15) is 0 Å². The maximum absolute atomic E-state index is 4.32. The number of aromatic nitrogens is 1. The molecule has 0 saturated carbocycles. The minimum absolute atomic E-state index is 0.628. The number of thioether (sulfide) groups is 2. The van der Waals surface area contributed by atoms with E-state index in [1.54, 1.807) is 11.3 Å². The van der Waals surface area contributed by atoms with Crippen LogP contribution in [0.4, 0.5) is 0 Å². The third kappa shape index (κ3) is 1.92. The lowest BCUT2D eigenvalue weighted by atomic mass is 10.6. The van der Waals surface area contributed by atoms with Crippen LogP contribution in [0.1, 0.15) is 16.0 Å². The van der Waals surface area contributed by atoms with Gasteiger partial charge < -0.3 is 0 Å². The molecule has 0 aromatic carbocycles. The van der Waals surface area contributed by atoms with Crippen LogP contribution >= 0.6 is 34.9 Å². The van der Waals surface area contributed by atoms with Gasteiger partial charge in [0.15, 0.2) is 0 Å². The average molecular weight is 203 g/mol. The number of rotatable bonds is 1. The monoisotopic (exact) mass is 203 g/mol. The first-order valence-corrected chi connectivity index (χ1v) is 6.57. The predicted molar refractivity (Wildman–Crippen MR) is 54.4 cm³/mol. The summed E-state index contributed by atoms with van der Waals surface area (Å²) >= 11 is 5.84. The summed E-state index contributed by atoms with van der Waals surface area (Å²) in [4.78, 5) is 4.32. The number of hydrogen-bond donors (Lipinski definition) is 0. The normalized spacial score (nSPS) is 20.4. The highest BCUT2D eigenvalue weighted by Gasteiger charge is 2.17. The van der Waals surface area contributed by atoms with Gasteiger partial charge in [-0.25, -0.2) is 4.98 Å². The van der Waals surface area contributed by atoms with Crippen molar-refractivity contribution in [2.45, 2.75) is 11.0 Å². The molecule has 1 aromatic rings. The molecule has 0 amide bonds. The maximum Gasteiger partial charge on any atom is 0.116 e. The van der Waals surface area contributed by atoms with E-state index >= 15 is 0 Å². The Bertz CT molecular complexity index is 203. The SMILES string of the molecule is c1csc(C2SCCCS2)n1. The van der Waals surface area contributed by atoms with Crippen molar-refractivity contribution in [2.75, 3.05) is 11.5 Å². The molecule has 0 N–H and O–H groups in total. The minimum Gasteiger partial charge on any atom is -0.248 e. The van der Waals surface area contributed by atoms with E-state index in [1.165, 1.54) is 22.9 Å². The molecular weight excluding hydrogens is 194 g/mol. The highest BCUT2D eigenvalue weighted by Crippen LogP contribution is 2.43. The van der Waals surface area contributed by atoms with Crippen LogP contribution in [0.15, 0.2) is 11.6 Å². The van der Waals surface area contributed by atoms with Gasteiger partial charge in [0.05, 0.1) is 0 Å². The first-order chi connectivity index (χ1) is 5.47. The zero-order chi connectivity index (χ0) is 7.52. The molecule has 1 aliphatic heterocycles. The molecule has 1 aliphatic rings. The lowest BCUT2D eigenvalue weighted by Gasteiger charge is -2.18. The van der Waals surface area contributed by atoms with Gasteiger partial charge in [0, 0.05) is 11.6 Å². The van der Waals surface area contributed by atoms with Crippen molar-refractivity contribution in [3.63, 3.8) is 0 Å². The zero-order valence-electron chi connectivity index (χ0n) is 6.03. The molecule has 1 fully saturated rings. The Morgan fingerprint density at radius 2 is 2.18 bits per heavy atom. The molecular formula is C7H9NS3. The third-order valence-corrected chi connectivity index (χ3v) is 5.54. The van der Waals surface area contributed by atoms with Gasteiger partial charge in [-0.1, -0.05) is 0 Å². The van der Waals surface area contributed by atoms with E-state index in [1.807, 2.05) is 29.7 Å². The molecule has 11 heavy (non-hydrogen) atoms. The van der Waals surface area contributed by atoms with E-state index < -0.39 is 0 Å². The second-order valence-corrected chi connectivity index (χ2v) is 5.95. The summed E-state index contributed by atoms with van der Waals surface area (Å²) in [6.07, 6.45) is 3.26. The van der Waals surface area contributed by atoms with Crippen molar-refractivity contribution in [3.05, 3.63) is 16.6 Å². The van der Waals surface area contributed by atoms with Gasteiger partial charge in [-0.05, 0) is 17.9 Å². The molecule has 0 unspecified atom stereocenters. The van der Waals surface area contributed by atoms with Crippen LogP contribution in [0.3, 0.4) is 0 Å². The van der Waals surface area contributed by atoms with Crippen molar-refractivity contribution in [3.8, 4) is 0 Å². The second-order valence-electron chi connectivity index (χ2n) is 2.30. The molecule has 0 radical (unpaired) electrons. The van der Waals surface area contributed by atoms with Gasteiger partial charge >= 0.3 is 0 Å². The highest BCUT2D eigenvalue weighted by atomic mass is 32.2. The standard InChI is InChI=1S/C7H9NS3/c1-3-10-7(11-4-1)6-8-2-5-9-6/h2,5,7H,1,3-4H2. The summed E-state index contributed by atoms with van der Waals surface area (Å²) in [6, 6.07) is 0. The van der Waals surface area contributed by atoms with Gasteiger partial charge in [-0.3, -0.25) is 0 Å². The van der Waals surface area contributed by atoms with E-state index in [2.05, 4.69) is 10.4 Å². The minimum atomic E-state index is 0.628. The summed E-state index contributed by atoms with van der Waals surface area (Å²) in [5.74, 6) is 2.61. The molecule has 60 valence electrons. The number of nitrogens with zero attached hydrogens (tertiary/aromatic N) is 1. The maximum atomic E-state index is 4.32. The van der Waals surface area contributed by atoms with E-state index in [4.69, 9.17) is 0 Å². The third-order valence-electron chi connectivity index (χ3n) is 1.48. The lowest BCUT2D eigenvalue weighted by Crippen LogP contribution is -1.99. The fourth-order valence-electron chi connectivity index (χ4n) is 0.981. The molecule has 0 atom stereocenters. The van der Waals surface area contributed by atoms with Crippen LogP contribution in [0, 0.1) is 0 Å². The average Bonchev–Trinajstić information content (AvgIpc) is 2.58. The molecule has 0 spiro atoms. The quantitative estimate of drug-likeness (QED) is 0.696. The van der Waals surface area contributed by atoms with E-state index in [0.29, 0.717) is 4.58 Å². The predicted octanol–water partition coefficient (Wildman–Crippen LogP) is 3.01. The molecule has 1 nitrogen and oxygen atoms in total. The molecule has 1 saturated heterocycles. The number of thiazole rings is 1. The summed E-state index contributed by atoms with van der Waals surface area (Å²) in [6.45, 7) is 0. The molecule has 1 aromatic heterocycles. The lowest BCUT2D eigenvalue weighted by molar-refractivity contribution is 1.09. The first-order valence-electron chi connectivity index (χ1n) is 3.59. The molecule has 4 heteroatoms. The van der Waals surface area contributed by atoms with Gasteiger partial charge in [0.25, 0.3) is 0 Å². The van der Waals surface area contributed by atoms with Gasteiger partial charge in [0.1, 0.15) is 9.59 Å². The Kier molecular flexibility index (Phi) is 2.77. The van der Waals surface area contributed by atoms with Crippen molar-refractivity contribution in [1.82, 2.24) is 4.98 Å².